The third-order valence-corrected chi connectivity index (χ3v) is 3.04. The molecular weight excluding hydrogens is 259 g/mol. The third-order valence-electron chi connectivity index (χ3n) is 3.04. The van der Waals surface area contributed by atoms with Gasteiger partial charge >= 0.3 is 13.1 Å². The molecule has 3 N–H and O–H groups in total. The van der Waals surface area contributed by atoms with Crippen molar-refractivity contribution in [3.63, 3.8) is 0 Å². The van der Waals surface area contributed by atoms with E-state index in [2.05, 4.69) is 6.92 Å². The van der Waals surface area contributed by atoms with E-state index in [4.69, 9.17) is 19.9 Å². The molecule has 0 unspecified atom stereocenters. The lowest BCUT2D eigenvalue weighted by Crippen LogP contribution is -2.30. The molecule has 0 saturated heterocycles. The summed E-state index contributed by atoms with van der Waals surface area (Å²) in [6, 6.07) is 4.05. The molecule has 5 nitrogen and oxygen atoms in total. The van der Waals surface area contributed by atoms with Gasteiger partial charge in [-0.15, -0.1) is 0 Å². The van der Waals surface area contributed by atoms with E-state index in [-0.39, 0.29) is 16.8 Å². The molecule has 0 bridgehead atoms. The van der Waals surface area contributed by atoms with Crippen LogP contribution in [0.25, 0.3) is 0 Å². The van der Waals surface area contributed by atoms with Crippen molar-refractivity contribution in [1.29, 1.82) is 0 Å². The van der Waals surface area contributed by atoms with Crippen molar-refractivity contribution in [2.75, 3.05) is 6.61 Å². The van der Waals surface area contributed by atoms with Crippen molar-refractivity contribution in [2.24, 2.45) is 0 Å². The molecule has 1 aromatic rings. The number of carbonyl (C=O) groups is 1. The maximum absolute atomic E-state index is 11.1. The third kappa shape index (κ3) is 5.23. The first kappa shape index (κ1) is 16.5. The molecule has 0 spiro atoms. The second-order valence-corrected chi connectivity index (χ2v) is 4.70. The fourth-order valence-corrected chi connectivity index (χ4v) is 1.88. The molecule has 110 valence electrons. The standard InChI is InChI=1S/C14H21BO5/c1-2-3-4-5-6-9-20-13-10-11(15(18)19)7-8-12(13)14(16)17/h7-8,10,18-19H,2-6,9H2,1H3,(H,16,17). The largest absolute Gasteiger partial charge is 0.493 e. The van der Waals surface area contributed by atoms with Gasteiger partial charge in [0.1, 0.15) is 11.3 Å². The van der Waals surface area contributed by atoms with Gasteiger partial charge in [0.15, 0.2) is 0 Å². The van der Waals surface area contributed by atoms with Gasteiger partial charge in [-0.1, -0.05) is 38.7 Å². The molecule has 0 aliphatic heterocycles. The lowest BCUT2D eigenvalue weighted by atomic mass is 9.80. The molecule has 20 heavy (non-hydrogen) atoms. The first-order valence-corrected chi connectivity index (χ1v) is 6.92. The molecule has 0 aliphatic carbocycles. The summed E-state index contributed by atoms with van der Waals surface area (Å²) >= 11 is 0. The second kappa shape index (κ2) is 8.61. The number of hydrogen-bond donors (Lipinski definition) is 3. The van der Waals surface area contributed by atoms with Crippen LogP contribution in [0.3, 0.4) is 0 Å². The van der Waals surface area contributed by atoms with Crippen molar-refractivity contribution < 1.29 is 24.7 Å². The minimum Gasteiger partial charge on any atom is -0.493 e. The van der Waals surface area contributed by atoms with Crippen molar-refractivity contribution in [1.82, 2.24) is 0 Å². The fourth-order valence-electron chi connectivity index (χ4n) is 1.88. The van der Waals surface area contributed by atoms with Crippen molar-refractivity contribution in [3.05, 3.63) is 23.8 Å². The number of rotatable bonds is 9. The van der Waals surface area contributed by atoms with Crippen LogP contribution in [0.2, 0.25) is 0 Å². The fraction of sp³-hybridized carbons (Fsp3) is 0.500. The Balaban J connectivity index is 2.61. The highest BCUT2D eigenvalue weighted by molar-refractivity contribution is 6.58. The maximum atomic E-state index is 11.1. The lowest BCUT2D eigenvalue weighted by Gasteiger charge is -2.11. The first-order valence-electron chi connectivity index (χ1n) is 6.92. The lowest BCUT2D eigenvalue weighted by molar-refractivity contribution is 0.0692. The van der Waals surface area contributed by atoms with Gasteiger partial charge in [0.05, 0.1) is 6.61 Å². The van der Waals surface area contributed by atoms with Gasteiger partial charge in [0.2, 0.25) is 0 Å². The topological polar surface area (TPSA) is 87.0 Å². The number of hydrogen-bond acceptors (Lipinski definition) is 4. The Bertz CT molecular complexity index is 434. The summed E-state index contributed by atoms with van der Waals surface area (Å²) in [6.45, 7) is 2.57. The molecule has 0 aliphatic rings. The minimum absolute atomic E-state index is 0.0305. The first-order chi connectivity index (χ1) is 9.56. The van der Waals surface area contributed by atoms with E-state index in [1.54, 1.807) is 0 Å². The van der Waals surface area contributed by atoms with Crippen molar-refractivity contribution in [3.8, 4) is 5.75 Å². The zero-order valence-corrected chi connectivity index (χ0v) is 11.7. The zero-order valence-electron chi connectivity index (χ0n) is 11.7. The van der Waals surface area contributed by atoms with Gasteiger partial charge in [-0.3, -0.25) is 0 Å². The van der Waals surface area contributed by atoms with E-state index in [0.29, 0.717) is 6.61 Å². The Labute approximate surface area is 119 Å². The summed E-state index contributed by atoms with van der Waals surface area (Å²) in [6.07, 6.45) is 5.39. The molecule has 0 aromatic heterocycles. The van der Waals surface area contributed by atoms with Crippen LogP contribution in [0.1, 0.15) is 49.4 Å². The van der Waals surface area contributed by atoms with Crippen LogP contribution < -0.4 is 10.2 Å². The molecule has 0 saturated carbocycles. The average Bonchev–Trinajstić information content (AvgIpc) is 2.42. The summed E-state index contributed by atoms with van der Waals surface area (Å²) in [5.41, 5.74) is 0.249. The molecule has 0 atom stereocenters. The number of ether oxygens (including phenoxy) is 1. The van der Waals surface area contributed by atoms with E-state index in [1.807, 2.05) is 0 Å². The van der Waals surface area contributed by atoms with Crippen LogP contribution in [-0.2, 0) is 0 Å². The molecule has 6 heteroatoms. The Morgan fingerprint density at radius 3 is 2.50 bits per heavy atom. The van der Waals surface area contributed by atoms with Crippen LogP contribution in [-0.4, -0.2) is 34.8 Å². The van der Waals surface area contributed by atoms with Gasteiger partial charge < -0.3 is 19.9 Å². The van der Waals surface area contributed by atoms with Crippen LogP contribution in [0.15, 0.2) is 18.2 Å². The monoisotopic (exact) mass is 280 g/mol. The molecule has 1 rings (SSSR count). The SMILES string of the molecule is CCCCCCCOc1cc(B(O)O)ccc1C(=O)O. The van der Waals surface area contributed by atoms with Crippen molar-refractivity contribution in [2.45, 2.75) is 39.0 Å². The molecular formula is C14H21BO5. The predicted octanol–water partition coefficient (Wildman–Crippen LogP) is 1.41. The molecule has 0 radical (unpaired) electrons. The normalized spacial score (nSPS) is 10.3. The summed E-state index contributed by atoms with van der Waals surface area (Å²) < 4.78 is 5.47. The maximum Gasteiger partial charge on any atom is 0.488 e. The van der Waals surface area contributed by atoms with Gasteiger partial charge in [0.25, 0.3) is 0 Å². The quantitative estimate of drug-likeness (QED) is 0.470. The van der Waals surface area contributed by atoms with E-state index >= 15 is 0 Å². The minimum atomic E-state index is -1.63. The highest BCUT2D eigenvalue weighted by atomic mass is 16.5. The van der Waals surface area contributed by atoms with Crippen LogP contribution in [0.5, 0.6) is 5.75 Å². The second-order valence-electron chi connectivity index (χ2n) is 4.70. The smallest absolute Gasteiger partial charge is 0.488 e. The van der Waals surface area contributed by atoms with E-state index < -0.39 is 13.1 Å². The number of carboxylic acid groups (broad SMARTS) is 1. The molecule has 1 aromatic carbocycles. The summed E-state index contributed by atoms with van der Waals surface area (Å²) in [7, 11) is -1.63. The summed E-state index contributed by atoms with van der Waals surface area (Å²) in [5.74, 6) is -0.913. The van der Waals surface area contributed by atoms with E-state index in [1.165, 1.54) is 31.0 Å². The highest BCUT2D eigenvalue weighted by Gasteiger charge is 2.17. The number of carboxylic acids is 1. The number of benzene rings is 1. The Kier molecular flexibility index (Phi) is 7.11. The molecule has 0 amide bonds. The Morgan fingerprint density at radius 1 is 1.20 bits per heavy atom. The van der Waals surface area contributed by atoms with Crippen LogP contribution in [0, 0.1) is 0 Å². The summed E-state index contributed by atoms with van der Waals surface area (Å²) in [4.78, 5) is 11.1. The molecule has 0 fully saturated rings. The van der Waals surface area contributed by atoms with Crippen LogP contribution >= 0.6 is 0 Å². The van der Waals surface area contributed by atoms with E-state index in [0.717, 1.165) is 19.3 Å². The van der Waals surface area contributed by atoms with Crippen molar-refractivity contribution >= 4 is 18.6 Å². The number of unbranched alkanes of at least 4 members (excludes halogenated alkanes) is 4. The van der Waals surface area contributed by atoms with Crippen LogP contribution in [0.4, 0.5) is 0 Å². The molecule has 0 heterocycles. The number of aromatic carboxylic acids is 1. The van der Waals surface area contributed by atoms with Gasteiger partial charge in [-0.05, 0) is 24.0 Å². The average molecular weight is 280 g/mol. The highest BCUT2D eigenvalue weighted by Crippen LogP contribution is 2.17. The van der Waals surface area contributed by atoms with Gasteiger partial charge in [-0.25, -0.2) is 4.79 Å². The van der Waals surface area contributed by atoms with E-state index in [9.17, 15) is 4.79 Å². The predicted molar refractivity (Wildman–Crippen MR) is 77.5 cm³/mol. The van der Waals surface area contributed by atoms with Gasteiger partial charge in [0, 0.05) is 0 Å². The Morgan fingerprint density at radius 2 is 1.90 bits per heavy atom. The van der Waals surface area contributed by atoms with Gasteiger partial charge in [-0.2, -0.15) is 0 Å². The summed E-state index contributed by atoms with van der Waals surface area (Å²) in [5, 5.41) is 27.3. The Hall–Kier alpha value is -1.53. The zero-order chi connectivity index (χ0) is 15.0.